The van der Waals surface area contributed by atoms with Crippen molar-refractivity contribution in [2.75, 3.05) is 18.9 Å². The van der Waals surface area contributed by atoms with E-state index in [0.29, 0.717) is 5.56 Å². The Morgan fingerprint density at radius 1 is 0.846 bits per heavy atom. The fraction of sp³-hybridized carbons (Fsp3) is 0.216. The van der Waals surface area contributed by atoms with Crippen molar-refractivity contribution in [2.45, 2.75) is 38.3 Å². The number of nitro groups is 1. The van der Waals surface area contributed by atoms with Crippen molar-refractivity contribution in [1.82, 2.24) is 20.4 Å². The molecule has 14 nitrogen and oxygen atoms in total. The summed E-state index contributed by atoms with van der Waals surface area (Å²) >= 11 is 5.31. The first-order valence-corrected chi connectivity index (χ1v) is 16.6. The maximum atomic E-state index is 13.6. The van der Waals surface area contributed by atoms with E-state index in [1.54, 1.807) is 91.0 Å². The van der Waals surface area contributed by atoms with Crippen LogP contribution >= 0.6 is 12.2 Å². The highest BCUT2D eigenvalue weighted by Crippen LogP contribution is 2.30. The summed E-state index contributed by atoms with van der Waals surface area (Å²) in [7, 11) is 1.51. The molecule has 15 heteroatoms. The Kier molecular flexibility index (Phi) is 12.5. The van der Waals surface area contributed by atoms with Gasteiger partial charge in [0.05, 0.1) is 4.92 Å². The normalized spacial score (nSPS) is 14.4. The highest BCUT2D eigenvalue weighted by Gasteiger charge is 2.44. The molecule has 4 aromatic rings. The molecule has 1 saturated heterocycles. The summed E-state index contributed by atoms with van der Waals surface area (Å²) in [6.45, 7) is 0.0565. The number of ether oxygens (including phenoxy) is 2. The zero-order valence-electron chi connectivity index (χ0n) is 28.1. The van der Waals surface area contributed by atoms with E-state index in [2.05, 4.69) is 16.0 Å². The Morgan fingerprint density at radius 3 is 2.08 bits per heavy atom. The molecule has 0 saturated carbocycles. The number of imide groups is 1. The number of hydrogen-bond donors (Lipinski definition) is 3. The van der Waals surface area contributed by atoms with Gasteiger partial charge < -0.3 is 30.3 Å². The molecule has 1 fully saturated rings. The minimum absolute atomic E-state index is 0.0229. The number of amides is 4. The minimum atomic E-state index is -1.21. The zero-order chi connectivity index (χ0) is 37.0. The number of carbonyl (C=O) groups is 4. The van der Waals surface area contributed by atoms with E-state index in [0.717, 1.165) is 21.6 Å². The second-order valence-electron chi connectivity index (χ2n) is 11.8. The van der Waals surface area contributed by atoms with Gasteiger partial charge in [-0.15, -0.1) is 0 Å². The van der Waals surface area contributed by atoms with E-state index in [1.165, 1.54) is 18.0 Å². The molecule has 2 atom stereocenters. The average molecular weight is 725 g/mol. The number of benzene rings is 4. The lowest BCUT2D eigenvalue weighted by Crippen LogP contribution is -2.45. The molecule has 5 rings (SSSR count). The van der Waals surface area contributed by atoms with Crippen molar-refractivity contribution in [3.05, 3.63) is 142 Å². The molecule has 1 aliphatic heterocycles. The Balaban J connectivity index is 1.19. The quantitative estimate of drug-likeness (QED) is 0.0497. The number of nitrogens with zero attached hydrogens (tertiary/aromatic N) is 3. The molecule has 1 unspecified atom stereocenters. The number of anilines is 1. The number of nitrogens with one attached hydrogen (secondary N) is 3. The van der Waals surface area contributed by atoms with Crippen LogP contribution in [0.3, 0.4) is 0 Å². The van der Waals surface area contributed by atoms with Gasteiger partial charge in [-0.2, -0.15) is 0 Å². The number of likely N-dealkylation sites (N-methyl/N-ethyl adjacent to an activating group) is 1. The number of hydrogen-bond acceptors (Lipinski definition) is 9. The van der Waals surface area contributed by atoms with Crippen LogP contribution < -0.4 is 16.0 Å². The lowest BCUT2D eigenvalue weighted by molar-refractivity contribution is -0.383. The number of nitro benzene ring substituents is 1. The van der Waals surface area contributed by atoms with Crippen molar-refractivity contribution in [3.8, 4) is 0 Å². The molecular formula is C37H36N6O8S. The molecule has 4 aromatic carbocycles. The van der Waals surface area contributed by atoms with Crippen molar-refractivity contribution < 1.29 is 33.6 Å². The predicted octanol–water partition coefficient (Wildman–Crippen LogP) is 5.45. The van der Waals surface area contributed by atoms with Crippen LogP contribution in [0.1, 0.15) is 34.7 Å². The molecule has 1 aliphatic rings. The van der Waals surface area contributed by atoms with Crippen molar-refractivity contribution in [3.63, 3.8) is 0 Å². The van der Waals surface area contributed by atoms with E-state index < -0.39 is 41.0 Å². The highest BCUT2D eigenvalue weighted by molar-refractivity contribution is 7.80. The van der Waals surface area contributed by atoms with Gasteiger partial charge in [-0.05, 0) is 47.0 Å². The lowest BCUT2D eigenvalue weighted by Gasteiger charge is -2.20. The van der Waals surface area contributed by atoms with Crippen LogP contribution in [-0.2, 0) is 38.8 Å². The molecule has 1 heterocycles. The third kappa shape index (κ3) is 9.66. The first kappa shape index (κ1) is 36.9. The van der Waals surface area contributed by atoms with Crippen molar-refractivity contribution in [1.29, 1.82) is 0 Å². The summed E-state index contributed by atoms with van der Waals surface area (Å²) in [5, 5.41) is 19.8. The summed E-state index contributed by atoms with van der Waals surface area (Å²) in [6, 6.07) is 28.5. The predicted molar refractivity (Wildman–Crippen MR) is 195 cm³/mol. The van der Waals surface area contributed by atoms with Crippen LogP contribution in [0.4, 0.5) is 21.0 Å². The molecule has 4 amide bonds. The molecule has 0 aliphatic carbocycles. The summed E-state index contributed by atoms with van der Waals surface area (Å²) in [6.07, 6.45) is -0.969. The Morgan fingerprint density at radius 2 is 1.44 bits per heavy atom. The van der Waals surface area contributed by atoms with Crippen LogP contribution in [0.15, 0.2) is 109 Å². The monoisotopic (exact) mass is 724 g/mol. The molecule has 0 aromatic heterocycles. The maximum absolute atomic E-state index is 13.6. The molecule has 0 radical (unpaired) electrons. The summed E-state index contributed by atoms with van der Waals surface area (Å²) < 4.78 is 10.8. The van der Waals surface area contributed by atoms with Crippen molar-refractivity contribution >= 4 is 52.7 Å². The molecule has 0 spiro atoms. The topological polar surface area (TPSA) is 172 Å². The Bertz CT molecular complexity index is 1910. The van der Waals surface area contributed by atoms with Gasteiger partial charge in [0.25, 0.3) is 11.6 Å². The highest BCUT2D eigenvalue weighted by atomic mass is 32.1. The SMILES string of the molecule is CN1C(=O)N(CCC(NC(=O)OCc2ccccc2)C(=O)OCc2ccccc2)C(=O)[C@H]1c1ccc(CNC(=S)Nc2ccccc2[N+](=O)[O-])cc1. The first-order chi connectivity index (χ1) is 25.1. The van der Waals surface area contributed by atoms with Gasteiger partial charge in [0.15, 0.2) is 5.11 Å². The second-order valence-corrected chi connectivity index (χ2v) is 12.2. The van der Waals surface area contributed by atoms with Gasteiger partial charge in [0.2, 0.25) is 0 Å². The van der Waals surface area contributed by atoms with Crippen LogP contribution in [0.25, 0.3) is 0 Å². The third-order valence-electron chi connectivity index (χ3n) is 8.17. The van der Waals surface area contributed by atoms with Crippen LogP contribution in [0.2, 0.25) is 0 Å². The molecular weight excluding hydrogens is 689 g/mol. The average Bonchev–Trinajstić information content (AvgIpc) is 3.37. The molecule has 52 heavy (non-hydrogen) atoms. The number of esters is 1. The number of para-hydroxylation sites is 2. The van der Waals surface area contributed by atoms with Crippen LogP contribution in [0.5, 0.6) is 0 Å². The Hall–Kier alpha value is -6.35. The number of rotatable bonds is 14. The largest absolute Gasteiger partial charge is 0.459 e. The number of carbonyl (C=O) groups excluding carboxylic acids is 4. The molecule has 0 bridgehead atoms. The minimum Gasteiger partial charge on any atom is -0.459 e. The van der Waals surface area contributed by atoms with Crippen LogP contribution in [0, 0.1) is 10.1 Å². The standard InChI is InChI=1S/C37H36N6O8S/c1-41-32(28-18-16-25(17-19-28)22-38-35(52)39-29-14-8-9-15-31(29)43(48)49)33(44)42(37(41)47)21-20-30(34(45)50-23-26-10-4-2-5-11-26)40-36(46)51-24-27-12-6-3-7-13-27/h2-19,30,32H,20-24H2,1H3,(H,40,46)(H2,38,39,52)/t30?,32-/m1/s1. The van der Waals surface area contributed by atoms with E-state index in [4.69, 9.17) is 21.7 Å². The van der Waals surface area contributed by atoms with Gasteiger partial charge in [0.1, 0.15) is 31.0 Å². The van der Waals surface area contributed by atoms with Crippen LogP contribution in [-0.4, -0.2) is 63.5 Å². The summed E-state index contributed by atoms with van der Waals surface area (Å²) in [4.78, 5) is 65.9. The molecule has 3 N–H and O–H groups in total. The fourth-order valence-electron chi connectivity index (χ4n) is 5.43. The second kappa shape index (κ2) is 17.5. The van der Waals surface area contributed by atoms with Gasteiger partial charge in [0, 0.05) is 26.2 Å². The summed E-state index contributed by atoms with van der Waals surface area (Å²) in [5.41, 5.74) is 3.01. The number of thiocarbonyl (C=S) groups is 1. The zero-order valence-corrected chi connectivity index (χ0v) is 28.9. The van der Waals surface area contributed by atoms with Gasteiger partial charge in [-0.3, -0.25) is 19.8 Å². The lowest BCUT2D eigenvalue weighted by atomic mass is 10.0. The third-order valence-corrected chi connectivity index (χ3v) is 8.42. The van der Waals surface area contributed by atoms with E-state index >= 15 is 0 Å². The van der Waals surface area contributed by atoms with E-state index in [9.17, 15) is 29.3 Å². The Labute approximate surface area is 304 Å². The summed E-state index contributed by atoms with van der Waals surface area (Å²) in [5.74, 6) is -1.23. The van der Waals surface area contributed by atoms with Crippen molar-refractivity contribution in [2.24, 2.45) is 0 Å². The van der Waals surface area contributed by atoms with Gasteiger partial charge >= 0.3 is 18.1 Å². The number of urea groups is 1. The van der Waals surface area contributed by atoms with Gasteiger partial charge in [-0.1, -0.05) is 97.1 Å². The van der Waals surface area contributed by atoms with Gasteiger partial charge in [-0.25, -0.2) is 14.4 Å². The smallest absolute Gasteiger partial charge is 0.408 e. The van der Waals surface area contributed by atoms with E-state index in [-0.39, 0.29) is 49.2 Å². The molecule has 268 valence electrons. The maximum Gasteiger partial charge on any atom is 0.408 e. The first-order valence-electron chi connectivity index (χ1n) is 16.2. The number of alkyl carbamates (subject to hydrolysis) is 1. The fourth-order valence-corrected chi connectivity index (χ4v) is 5.61. The van der Waals surface area contributed by atoms with E-state index in [1.807, 2.05) is 12.1 Å².